The smallest absolute Gasteiger partial charge is 0.457 e. The van der Waals surface area contributed by atoms with Crippen LogP contribution < -0.4 is 0 Å². The minimum Gasteiger partial charge on any atom is -0.457 e. The molecule has 9 heteroatoms. The molecule has 0 amide bonds. The summed E-state index contributed by atoms with van der Waals surface area (Å²) in [6.07, 6.45) is 47.8. The number of carbonyl (C=O) groups is 1. The SMILES string of the molecule is CCCCCCCC/C=C\CCCCCCCCCCCC(=O)OC(COCCCCCCCC/C=C\CCCCCCCC)COP(=O)(O)OCC[N+](C)(C)C. The molecule has 1 N–H and O–H groups in total. The van der Waals surface area contributed by atoms with Gasteiger partial charge in [0.2, 0.25) is 0 Å². The maximum Gasteiger partial charge on any atom is 0.472 e. The van der Waals surface area contributed by atoms with Gasteiger partial charge in [0, 0.05) is 13.0 Å². The predicted octanol–water partition coefficient (Wildman–Crippen LogP) is 14.4. The molecule has 0 saturated carbocycles. The molecule has 0 aromatic rings. The number of phosphoric ester groups is 1. The summed E-state index contributed by atoms with van der Waals surface area (Å²) in [4.78, 5) is 22.9. The lowest BCUT2D eigenvalue weighted by atomic mass is 10.1. The summed E-state index contributed by atoms with van der Waals surface area (Å²) in [6.45, 7) is 5.63. The fraction of sp³-hybridized carbons (Fsp3) is 0.896. The van der Waals surface area contributed by atoms with Crippen LogP contribution in [0.4, 0.5) is 0 Å². The molecule has 338 valence electrons. The number of hydrogen-bond donors (Lipinski definition) is 1. The summed E-state index contributed by atoms with van der Waals surface area (Å²) in [5.74, 6) is -0.316. The maximum absolute atomic E-state index is 12.7. The number of quaternary nitrogens is 1. The number of nitrogens with zero attached hydrogens (tertiary/aromatic N) is 1. The molecule has 0 aromatic carbocycles. The molecule has 0 fully saturated rings. The Kier molecular flexibility index (Phi) is 41.0. The number of hydrogen-bond acceptors (Lipinski definition) is 6. The Bertz CT molecular complexity index is 967. The zero-order valence-electron chi connectivity index (χ0n) is 38.3. The van der Waals surface area contributed by atoms with Crippen molar-refractivity contribution in [2.75, 3.05) is 54.1 Å². The minimum absolute atomic E-state index is 0.0885. The van der Waals surface area contributed by atoms with Crippen LogP contribution in [0.1, 0.15) is 219 Å². The van der Waals surface area contributed by atoms with Crippen LogP contribution in [0.25, 0.3) is 0 Å². The third-order valence-corrected chi connectivity index (χ3v) is 11.5. The van der Waals surface area contributed by atoms with Gasteiger partial charge in [0.1, 0.15) is 19.3 Å². The third kappa shape index (κ3) is 45.9. The Morgan fingerprint density at radius 3 is 1.33 bits per heavy atom. The number of unbranched alkanes of at least 4 members (excludes halogenated alkanes) is 27. The van der Waals surface area contributed by atoms with Crippen molar-refractivity contribution in [2.24, 2.45) is 0 Å². The average molecular weight is 829 g/mol. The summed E-state index contributed by atoms with van der Waals surface area (Å²) in [6, 6.07) is 0. The molecule has 2 atom stereocenters. The van der Waals surface area contributed by atoms with Gasteiger partial charge in [0.05, 0.1) is 34.4 Å². The van der Waals surface area contributed by atoms with Crippen molar-refractivity contribution in [3.63, 3.8) is 0 Å². The Hall–Kier alpha value is -1.02. The number of allylic oxidation sites excluding steroid dienone is 4. The zero-order chi connectivity index (χ0) is 42.0. The van der Waals surface area contributed by atoms with Crippen LogP contribution in [-0.2, 0) is 27.9 Å². The number of phosphoric acid groups is 1. The predicted molar refractivity (Wildman–Crippen MR) is 243 cm³/mol. The molecule has 0 bridgehead atoms. The summed E-state index contributed by atoms with van der Waals surface area (Å²) < 4.78 is 35.1. The summed E-state index contributed by atoms with van der Waals surface area (Å²) in [7, 11) is 1.67. The van der Waals surface area contributed by atoms with E-state index in [1.54, 1.807) is 0 Å². The Labute approximate surface area is 353 Å². The summed E-state index contributed by atoms with van der Waals surface area (Å²) in [5, 5.41) is 0. The van der Waals surface area contributed by atoms with Crippen LogP contribution >= 0.6 is 7.82 Å². The molecule has 8 nitrogen and oxygen atoms in total. The van der Waals surface area contributed by atoms with Crippen molar-refractivity contribution in [1.82, 2.24) is 0 Å². The minimum atomic E-state index is -4.28. The van der Waals surface area contributed by atoms with Crippen LogP contribution in [0.2, 0.25) is 0 Å². The standard InChI is InChI=1S/C48H94NO7P/c1-6-8-10-12-14-16-18-20-22-24-25-26-27-29-31-33-35-37-39-41-48(50)56-47(46-55-57(51,52)54-44-42-49(3,4)5)45-53-43-40-38-36-34-32-30-28-23-21-19-17-15-13-11-9-7-2/h20-23,47H,6-19,24-46H2,1-5H3/p+1/b22-20-,23-21-. The molecule has 57 heavy (non-hydrogen) atoms. The Balaban J connectivity index is 4.18. The molecule has 0 rings (SSSR count). The van der Waals surface area contributed by atoms with E-state index in [9.17, 15) is 14.3 Å². The fourth-order valence-corrected chi connectivity index (χ4v) is 7.46. The highest BCUT2D eigenvalue weighted by Crippen LogP contribution is 2.43. The molecule has 2 unspecified atom stereocenters. The molecule has 0 aliphatic carbocycles. The first kappa shape index (κ1) is 56.0. The van der Waals surface area contributed by atoms with Gasteiger partial charge in [-0.1, -0.05) is 173 Å². The number of carbonyl (C=O) groups excluding carboxylic acids is 1. The van der Waals surface area contributed by atoms with Crippen molar-refractivity contribution >= 4 is 13.8 Å². The van der Waals surface area contributed by atoms with Crippen molar-refractivity contribution in [3.8, 4) is 0 Å². The fourth-order valence-electron chi connectivity index (χ4n) is 6.72. The third-order valence-electron chi connectivity index (χ3n) is 10.5. The van der Waals surface area contributed by atoms with Crippen LogP contribution in [0.3, 0.4) is 0 Å². The molecule has 0 spiro atoms. The van der Waals surface area contributed by atoms with Gasteiger partial charge in [-0.15, -0.1) is 0 Å². The first-order chi connectivity index (χ1) is 27.6. The second-order valence-corrected chi connectivity index (χ2v) is 18.9. The van der Waals surface area contributed by atoms with E-state index in [2.05, 4.69) is 38.2 Å². The first-order valence-corrected chi connectivity index (χ1v) is 25.6. The number of likely N-dealkylation sites (N-methyl/N-ethyl adjacent to an activating group) is 1. The second-order valence-electron chi connectivity index (χ2n) is 17.5. The van der Waals surface area contributed by atoms with Crippen LogP contribution in [0.15, 0.2) is 24.3 Å². The van der Waals surface area contributed by atoms with E-state index in [1.165, 1.54) is 167 Å². The van der Waals surface area contributed by atoms with E-state index in [0.717, 1.165) is 32.1 Å². The Morgan fingerprint density at radius 2 is 0.912 bits per heavy atom. The number of rotatable bonds is 45. The lowest BCUT2D eigenvalue weighted by molar-refractivity contribution is -0.870. The van der Waals surface area contributed by atoms with E-state index in [1.807, 2.05) is 21.1 Å². The topological polar surface area (TPSA) is 91.3 Å². The molecule has 0 saturated heterocycles. The summed E-state index contributed by atoms with van der Waals surface area (Å²) in [5.41, 5.74) is 0. The van der Waals surface area contributed by atoms with E-state index in [-0.39, 0.29) is 25.8 Å². The van der Waals surface area contributed by atoms with Gasteiger partial charge in [0.15, 0.2) is 0 Å². The van der Waals surface area contributed by atoms with Crippen LogP contribution in [0, 0.1) is 0 Å². The molecule has 0 aliphatic rings. The van der Waals surface area contributed by atoms with E-state index in [4.69, 9.17) is 18.5 Å². The van der Waals surface area contributed by atoms with E-state index >= 15 is 0 Å². The highest BCUT2D eigenvalue weighted by molar-refractivity contribution is 7.47. The number of esters is 1. The molecule has 0 heterocycles. The quantitative estimate of drug-likeness (QED) is 0.0215. The Morgan fingerprint density at radius 1 is 0.526 bits per heavy atom. The van der Waals surface area contributed by atoms with Crippen molar-refractivity contribution in [2.45, 2.75) is 225 Å². The monoisotopic (exact) mass is 829 g/mol. The lowest BCUT2D eigenvalue weighted by Gasteiger charge is -2.24. The van der Waals surface area contributed by atoms with E-state index < -0.39 is 13.9 Å². The highest BCUT2D eigenvalue weighted by atomic mass is 31.2. The summed E-state index contributed by atoms with van der Waals surface area (Å²) >= 11 is 0. The molecular formula is C48H95NO7P+. The number of ether oxygens (including phenoxy) is 2. The highest BCUT2D eigenvalue weighted by Gasteiger charge is 2.26. The lowest BCUT2D eigenvalue weighted by Crippen LogP contribution is -2.37. The normalized spacial score (nSPS) is 13.9. The average Bonchev–Trinajstić information content (AvgIpc) is 3.16. The molecule has 0 aromatic heterocycles. The maximum atomic E-state index is 12.7. The first-order valence-electron chi connectivity index (χ1n) is 24.1. The molecular weight excluding hydrogens is 734 g/mol. The van der Waals surface area contributed by atoms with Crippen LogP contribution in [-0.4, -0.2) is 75.6 Å². The van der Waals surface area contributed by atoms with Gasteiger partial charge >= 0.3 is 13.8 Å². The zero-order valence-corrected chi connectivity index (χ0v) is 39.2. The van der Waals surface area contributed by atoms with Crippen LogP contribution in [0.5, 0.6) is 0 Å². The van der Waals surface area contributed by atoms with Gasteiger partial charge in [-0.25, -0.2) is 4.57 Å². The van der Waals surface area contributed by atoms with Crippen molar-refractivity contribution in [3.05, 3.63) is 24.3 Å². The van der Waals surface area contributed by atoms with Crippen molar-refractivity contribution < 1.29 is 37.3 Å². The molecule has 0 aliphatic heterocycles. The van der Waals surface area contributed by atoms with Crippen molar-refractivity contribution in [1.29, 1.82) is 0 Å². The van der Waals surface area contributed by atoms with E-state index in [0.29, 0.717) is 24.1 Å². The second kappa shape index (κ2) is 41.7. The van der Waals surface area contributed by atoms with Gasteiger partial charge in [-0.2, -0.15) is 0 Å². The van der Waals surface area contributed by atoms with Gasteiger partial charge in [0.25, 0.3) is 0 Å². The van der Waals surface area contributed by atoms with Gasteiger partial charge in [-0.3, -0.25) is 13.8 Å². The largest absolute Gasteiger partial charge is 0.472 e. The van der Waals surface area contributed by atoms with Gasteiger partial charge in [-0.05, 0) is 64.2 Å². The molecule has 0 radical (unpaired) electrons. The van der Waals surface area contributed by atoms with Gasteiger partial charge < -0.3 is 18.9 Å².